The Bertz CT molecular complexity index is 512. The van der Waals surface area contributed by atoms with Gasteiger partial charge in [0.15, 0.2) is 0 Å². The van der Waals surface area contributed by atoms with Crippen molar-refractivity contribution in [1.29, 1.82) is 0 Å². The fourth-order valence-corrected chi connectivity index (χ4v) is 1.57. The Balaban J connectivity index is 3.10. The van der Waals surface area contributed by atoms with Crippen LogP contribution in [0.2, 0.25) is 0 Å². The number of anilines is 1. The first-order chi connectivity index (χ1) is 8.73. The van der Waals surface area contributed by atoms with Crippen molar-refractivity contribution in [2.75, 3.05) is 5.32 Å². The van der Waals surface area contributed by atoms with Gasteiger partial charge in [-0.3, -0.25) is 14.9 Å². The maximum Gasteiger partial charge on any atom is 0.293 e. The number of aryl methyl sites for hydroxylation is 2. The van der Waals surface area contributed by atoms with Crippen molar-refractivity contribution in [3.63, 3.8) is 0 Å². The fraction of sp³-hybridized carbons (Fsp3) is 0.462. The number of hydrogen-bond donors (Lipinski definition) is 2. The van der Waals surface area contributed by atoms with E-state index < -0.39 is 16.9 Å². The molecule has 0 heterocycles. The Hall–Kier alpha value is -1.95. The van der Waals surface area contributed by atoms with Crippen LogP contribution in [-0.2, 0) is 4.79 Å². The average molecular weight is 265 g/mol. The van der Waals surface area contributed by atoms with E-state index in [-0.39, 0.29) is 17.3 Å². The molecule has 19 heavy (non-hydrogen) atoms. The van der Waals surface area contributed by atoms with Crippen molar-refractivity contribution in [2.45, 2.75) is 33.7 Å². The molecule has 0 fully saturated rings. The van der Waals surface area contributed by atoms with Gasteiger partial charge < -0.3 is 11.1 Å². The lowest BCUT2D eigenvalue weighted by atomic mass is 10.0. The first kappa shape index (κ1) is 15.1. The summed E-state index contributed by atoms with van der Waals surface area (Å²) in [5.74, 6) is -0.452. The molecular formula is C13H19N3O3. The van der Waals surface area contributed by atoms with E-state index in [1.165, 1.54) is 6.07 Å². The smallest absolute Gasteiger partial charge is 0.293 e. The summed E-state index contributed by atoms with van der Waals surface area (Å²) in [6, 6.07) is 2.35. The topological polar surface area (TPSA) is 98.3 Å². The third-order valence-electron chi connectivity index (χ3n) is 3.09. The summed E-state index contributed by atoms with van der Waals surface area (Å²) in [7, 11) is 0. The number of rotatable bonds is 4. The van der Waals surface area contributed by atoms with Crippen LogP contribution in [0.15, 0.2) is 12.1 Å². The maximum absolute atomic E-state index is 11.9. The SMILES string of the molecule is Cc1cc(NC(=O)[C@H](N)C(C)C)c([N+](=O)[O-])cc1C. The second kappa shape index (κ2) is 5.79. The molecule has 1 aromatic carbocycles. The van der Waals surface area contributed by atoms with Crippen LogP contribution in [0.3, 0.4) is 0 Å². The Kier molecular flexibility index (Phi) is 4.61. The monoisotopic (exact) mass is 265 g/mol. The van der Waals surface area contributed by atoms with Gasteiger partial charge in [0.05, 0.1) is 11.0 Å². The minimum atomic E-state index is -0.693. The highest BCUT2D eigenvalue weighted by atomic mass is 16.6. The van der Waals surface area contributed by atoms with Crippen molar-refractivity contribution in [2.24, 2.45) is 11.7 Å². The van der Waals surface area contributed by atoms with E-state index in [9.17, 15) is 14.9 Å². The second-order valence-corrected chi connectivity index (χ2v) is 4.97. The summed E-state index contributed by atoms with van der Waals surface area (Å²) in [5, 5.41) is 13.5. The summed E-state index contributed by atoms with van der Waals surface area (Å²) >= 11 is 0. The maximum atomic E-state index is 11.9. The molecule has 0 aliphatic heterocycles. The number of nitrogens with one attached hydrogen (secondary N) is 1. The quantitative estimate of drug-likeness (QED) is 0.643. The molecule has 0 radical (unpaired) electrons. The third-order valence-corrected chi connectivity index (χ3v) is 3.09. The molecule has 0 saturated heterocycles. The number of nitro groups is 1. The number of amides is 1. The van der Waals surface area contributed by atoms with Gasteiger partial charge in [0.2, 0.25) is 5.91 Å². The first-order valence-electron chi connectivity index (χ1n) is 6.06. The highest BCUT2D eigenvalue weighted by molar-refractivity contribution is 5.96. The summed E-state index contributed by atoms with van der Waals surface area (Å²) in [6.07, 6.45) is 0. The Labute approximate surface area is 112 Å². The number of nitrogens with zero attached hydrogens (tertiary/aromatic N) is 1. The van der Waals surface area contributed by atoms with E-state index in [0.29, 0.717) is 0 Å². The van der Waals surface area contributed by atoms with E-state index in [0.717, 1.165) is 11.1 Å². The molecule has 0 spiro atoms. The normalized spacial score (nSPS) is 12.3. The van der Waals surface area contributed by atoms with E-state index in [1.54, 1.807) is 13.0 Å². The highest BCUT2D eigenvalue weighted by Crippen LogP contribution is 2.28. The minimum Gasteiger partial charge on any atom is -0.320 e. The molecule has 0 bridgehead atoms. The van der Waals surface area contributed by atoms with Gasteiger partial charge in [-0.2, -0.15) is 0 Å². The van der Waals surface area contributed by atoms with E-state index in [2.05, 4.69) is 5.32 Å². The molecule has 0 aliphatic carbocycles. The molecule has 0 aliphatic rings. The van der Waals surface area contributed by atoms with Crippen LogP contribution in [0.1, 0.15) is 25.0 Å². The van der Waals surface area contributed by atoms with Crippen LogP contribution in [-0.4, -0.2) is 16.9 Å². The van der Waals surface area contributed by atoms with Crippen LogP contribution in [0.4, 0.5) is 11.4 Å². The molecule has 0 unspecified atom stereocenters. The molecule has 3 N–H and O–H groups in total. The zero-order chi connectivity index (χ0) is 14.7. The predicted octanol–water partition coefficient (Wildman–Crippen LogP) is 2.13. The molecule has 1 rings (SSSR count). The molecule has 6 heteroatoms. The summed E-state index contributed by atoms with van der Waals surface area (Å²) in [4.78, 5) is 22.3. The summed E-state index contributed by atoms with van der Waals surface area (Å²) in [6.45, 7) is 7.25. The molecule has 0 aromatic heterocycles. The van der Waals surface area contributed by atoms with Crippen molar-refractivity contribution < 1.29 is 9.72 Å². The van der Waals surface area contributed by atoms with Crippen LogP contribution < -0.4 is 11.1 Å². The lowest BCUT2D eigenvalue weighted by molar-refractivity contribution is -0.384. The largest absolute Gasteiger partial charge is 0.320 e. The molecule has 1 amide bonds. The van der Waals surface area contributed by atoms with Crippen LogP contribution >= 0.6 is 0 Å². The first-order valence-corrected chi connectivity index (χ1v) is 6.06. The highest BCUT2D eigenvalue weighted by Gasteiger charge is 2.22. The fourth-order valence-electron chi connectivity index (χ4n) is 1.57. The Morgan fingerprint density at radius 2 is 1.84 bits per heavy atom. The summed E-state index contributed by atoms with van der Waals surface area (Å²) < 4.78 is 0. The van der Waals surface area contributed by atoms with E-state index in [1.807, 2.05) is 20.8 Å². The van der Waals surface area contributed by atoms with Crippen molar-refractivity contribution in [3.05, 3.63) is 33.4 Å². The van der Waals surface area contributed by atoms with Crippen LogP contribution in [0.25, 0.3) is 0 Å². The number of hydrogen-bond acceptors (Lipinski definition) is 4. The Morgan fingerprint density at radius 1 is 1.32 bits per heavy atom. The van der Waals surface area contributed by atoms with Gasteiger partial charge >= 0.3 is 0 Å². The molecule has 1 atom stereocenters. The van der Waals surface area contributed by atoms with E-state index >= 15 is 0 Å². The molecule has 0 saturated carbocycles. The molecular weight excluding hydrogens is 246 g/mol. The predicted molar refractivity (Wildman–Crippen MR) is 74.0 cm³/mol. The number of nitro benzene ring substituents is 1. The van der Waals surface area contributed by atoms with Gasteiger partial charge in [0.1, 0.15) is 5.69 Å². The van der Waals surface area contributed by atoms with Gasteiger partial charge in [-0.15, -0.1) is 0 Å². The third kappa shape index (κ3) is 3.51. The van der Waals surface area contributed by atoms with Crippen molar-refractivity contribution in [1.82, 2.24) is 0 Å². The van der Waals surface area contributed by atoms with Gasteiger partial charge in [-0.25, -0.2) is 0 Å². The zero-order valence-electron chi connectivity index (χ0n) is 11.6. The number of nitrogens with two attached hydrogens (primary N) is 1. The van der Waals surface area contributed by atoms with Crippen LogP contribution in [0, 0.1) is 29.9 Å². The van der Waals surface area contributed by atoms with Crippen LogP contribution in [0.5, 0.6) is 0 Å². The molecule has 6 nitrogen and oxygen atoms in total. The number of carbonyl (C=O) groups excluding carboxylic acids is 1. The minimum absolute atomic E-state index is 0.0365. The zero-order valence-corrected chi connectivity index (χ0v) is 11.6. The standard InChI is InChI=1S/C13H19N3O3/c1-7(2)12(14)13(17)15-10-5-8(3)9(4)6-11(10)16(18)19/h5-7,12H,14H2,1-4H3,(H,15,17)/t12-/m1/s1. The van der Waals surface area contributed by atoms with Gasteiger partial charge in [-0.1, -0.05) is 13.8 Å². The molecule has 1 aromatic rings. The van der Waals surface area contributed by atoms with Gasteiger partial charge in [0, 0.05) is 6.07 Å². The van der Waals surface area contributed by atoms with E-state index in [4.69, 9.17) is 5.73 Å². The number of carbonyl (C=O) groups is 1. The van der Waals surface area contributed by atoms with Gasteiger partial charge in [-0.05, 0) is 37.0 Å². The van der Waals surface area contributed by atoms with Crippen molar-refractivity contribution in [3.8, 4) is 0 Å². The average Bonchev–Trinajstić information content (AvgIpc) is 2.31. The molecule has 104 valence electrons. The second-order valence-electron chi connectivity index (χ2n) is 4.97. The lowest BCUT2D eigenvalue weighted by Gasteiger charge is -2.16. The Morgan fingerprint density at radius 3 is 2.32 bits per heavy atom. The van der Waals surface area contributed by atoms with Crippen molar-refractivity contribution >= 4 is 17.3 Å². The summed E-state index contributed by atoms with van der Waals surface area (Å²) in [5.41, 5.74) is 7.47. The van der Waals surface area contributed by atoms with Gasteiger partial charge in [0.25, 0.3) is 5.69 Å². The lowest BCUT2D eigenvalue weighted by Crippen LogP contribution is -2.39. The number of benzene rings is 1.